The molecule has 1 aliphatic heterocycles. The monoisotopic (exact) mass is 481 g/mol. The van der Waals surface area contributed by atoms with E-state index in [2.05, 4.69) is 5.32 Å². The number of hydrogen-bond acceptors (Lipinski definition) is 8. The summed E-state index contributed by atoms with van der Waals surface area (Å²) in [6.45, 7) is 0.489. The molecule has 3 aromatic rings. The van der Waals surface area contributed by atoms with Gasteiger partial charge >= 0.3 is 11.9 Å². The number of rotatable bonds is 8. The number of fused-ring (bicyclic) bond motifs is 1. The number of carbonyl (C=O) groups excluding carboxylic acids is 3. The standard InChI is InChI=1S/C25H23NO7S/c1-30-24(28)18(13-16-5-3-2-4-6-16)26-23(27)15-33-25(29)22-10-9-21(34-22)17-7-8-19-20(14-17)32-12-11-31-19/h2-10,14,18H,11-13,15H2,1H3,(H,26,27). The van der Waals surface area contributed by atoms with Crippen LogP contribution < -0.4 is 14.8 Å². The van der Waals surface area contributed by atoms with Crippen LogP contribution >= 0.6 is 11.3 Å². The van der Waals surface area contributed by atoms with Gasteiger partial charge in [-0.05, 0) is 41.5 Å². The molecule has 9 heteroatoms. The Morgan fingerprint density at radius 1 is 1.00 bits per heavy atom. The highest BCUT2D eigenvalue weighted by Gasteiger charge is 2.23. The van der Waals surface area contributed by atoms with E-state index in [1.54, 1.807) is 12.1 Å². The van der Waals surface area contributed by atoms with Crippen molar-refractivity contribution in [2.75, 3.05) is 26.9 Å². The van der Waals surface area contributed by atoms with Crippen LogP contribution in [-0.4, -0.2) is 50.8 Å². The van der Waals surface area contributed by atoms with E-state index in [1.807, 2.05) is 48.5 Å². The number of nitrogens with one attached hydrogen (secondary N) is 1. The summed E-state index contributed by atoms with van der Waals surface area (Å²) in [5.74, 6) is -0.445. The van der Waals surface area contributed by atoms with Crippen molar-refractivity contribution < 1.29 is 33.3 Å². The van der Waals surface area contributed by atoms with Crippen LogP contribution in [0.25, 0.3) is 10.4 Å². The number of esters is 2. The molecule has 2 heterocycles. The average Bonchev–Trinajstić information content (AvgIpc) is 3.37. The lowest BCUT2D eigenvalue weighted by atomic mass is 10.1. The lowest BCUT2D eigenvalue weighted by Gasteiger charge is -2.18. The van der Waals surface area contributed by atoms with Gasteiger partial charge < -0.3 is 24.3 Å². The predicted molar refractivity (Wildman–Crippen MR) is 125 cm³/mol. The Balaban J connectivity index is 1.33. The van der Waals surface area contributed by atoms with Crippen LogP contribution in [0.4, 0.5) is 0 Å². The maximum absolute atomic E-state index is 12.5. The molecule has 4 rings (SSSR count). The largest absolute Gasteiger partial charge is 0.486 e. The minimum absolute atomic E-state index is 0.261. The summed E-state index contributed by atoms with van der Waals surface area (Å²) in [5, 5.41) is 2.57. The molecule has 2 aromatic carbocycles. The van der Waals surface area contributed by atoms with Crippen LogP contribution in [0.15, 0.2) is 60.7 Å². The second-order valence-corrected chi connectivity index (χ2v) is 8.52. The summed E-state index contributed by atoms with van der Waals surface area (Å²) in [5.41, 5.74) is 1.74. The molecule has 8 nitrogen and oxygen atoms in total. The highest BCUT2D eigenvalue weighted by Crippen LogP contribution is 2.37. The van der Waals surface area contributed by atoms with Crippen LogP contribution in [0.1, 0.15) is 15.2 Å². The number of methoxy groups -OCH3 is 1. The zero-order valence-electron chi connectivity index (χ0n) is 18.4. The summed E-state index contributed by atoms with van der Waals surface area (Å²) in [4.78, 5) is 38.1. The van der Waals surface area contributed by atoms with E-state index in [0.29, 0.717) is 29.6 Å². The van der Waals surface area contributed by atoms with E-state index < -0.39 is 30.5 Å². The van der Waals surface area contributed by atoms with Gasteiger partial charge in [0, 0.05) is 11.3 Å². The summed E-state index contributed by atoms with van der Waals surface area (Å²) in [6.07, 6.45) is 0.261. The zero-order chi connectivity index (χ0) is 23.9. The minimum atomic E-state index is -0.887. The number of carbonyl (C=O) groups is 3. The van der Waals surface area contributed by atoms with Gasteiger partial charge in [-0.2, -0.15) is 0 Å². The fraction of sp³-hybridized carbons (Fsp3) is 0.240. The first-order valence-corrected chi connectivity index (χ1v) is 11.4. The Morgan fingerprint density at radius 3 is 2.53 bits per heavy atom. The van der Waals surface area contributed by atoms with Gasteiger partial charge in [0.1, 0.15) is 24.1 Å². The lowest BCUT2D eigenvalue weighted by molar-refractivity contribution is -0.145. The van der Waals surface area contributed by atoms with Gasteiger partial charge in [0.25, 0.3) is 5.91 Å². The van der Waals surface area contributed by atoms with Crippen LogP contribution in [-0.2, 0) is 25.5 Å². The molecule has 0 aliphatic carbocycles. The minimum Gasteiger partial charge on any atom is -0.486 e. The van der Waals surface area contributed by atoms with Crippen molar-refractivity contribution in [3.8, 4) is 21.9 Å². The molecule has 0 fully saturated rings. The Morgan fingerprint density at radius 2 is 1.76 bits per heavy atom. The van der Waals surface area contributed by atoms with Gasteiger partial charge in [-0.3, -0.25) is 4.79 Å². The molecule has 0 bridgehead atoms. The molecular formula is C25H23NO7S. The van der Waals surface area contributed by atoms with Crippen molar-refractivity contribution in [1.82, 2.24) is 5.32 Å². The molecule has 176 valence electrons. The maximum Gasteiger partial charge on any atom is 0.348 e. The first-order valence-electron chi connectivity index (χ1n) is 10.6. The van der Waals surface area contributed by atoms with Gasteiger partial charge in [-0.15, -0.1) is 11.3 Å². The second kappa shape index (κ2) is 10.8. The van der Waals surface area contributed by atoms with Crippen LogP contribution in [0.5, 0.6) is 11.5 Å². The number of amides is 1. The average molecular weight is 482 g/mol. The first kappa shape index (κ1) is 23.3. The van der Waals surface area contributed by atoms with Gasteiger partial charge in [-0.25, -0.2) is 9.59 Å². The van der Waals surface area contributed by atoms with Crippen molar-refractivity contribution in [1.29, 1.82) is 0 Å². The first-order chi connectivity index (χ1) is 16.5. The number of ether oxygens (including phenoxy) is 4. The fourth-order valence-corrected chi connectivity index (χ4v) is 4.32. The third-order valence-corrected chi connectivity index (χ3v) is 6.19. The molecule has 1 unspecified atom stereocenters. The third kappa shape index (κ3) is 5.74. The third-order valence-electron chi connectivity index (χ3n) is 5.07. The molecule has 1 aliphatic rings. The fourth-order valence-electron chi connectivity index (χ4n) is 3.42. The van der Waals surface area contributed by atoms with Gasteiger partial charge in [0.15, 0.2) is 18.1 Å². The molecular weight excluding hydrogens is 458 g/mol. The molecule has 34 heavy (non-hydrogen) atoms. The Kier molecular flexibility index (Phi) is 7.44. The Hall–Kier alpha value is -3.85. The second-order valence-electron chi connectivity index (χ2n) is 7.43. The van der Waals surface area contributed by atoms with Crippen molar-refractivity contribution in [2.24, 2.45) is 0 Å². The molecule has 1 aromatic heterocycles. The van der Waals surface area contributed by atoms with E-state index in [-0.39, 0.29) is 6.42 Å². The predicted octanol–water partition coefficient (Wildman–Crippen LogP) is 3.24. The molecule has 1 N–H and O–H groups in total. The number of benzene rings is 2. The maximum atomic E-state index is 12.5. The smallest absolute Gasteiger partial charge is 0.348 e. The van der Waals surface area contributed by atoms with Crippen molar-refractivity contribution in [3.63, 3.8) is 0 Å². The highest BCUT2D eigenvalue weighted by molar-refractivity contribution is 7.17. The van der Waals surface area contributed by atoms with E-state index in [4.69, 9.17) is 18.9 Å². The van der Waals surface area contributed by atoms with Crippen LogP contribution in [0, 0.1) is 0 Å². The van der Waals surface area contributed by atoms with Gasteiger partial charge in [-0.1, -0.05) is 30.3 Å². The lowest BCUT2D eigenvalue weighted by Crippen LogP contribution is -2.44. The number of thiophene rings is 1. The summed E-state index contributed by atoms with van der Waals surface area (Å²) in [7, 11) is 1.25. The van der Waals surface area contributed by atoms with E-state index >= 15 is 0 Å². The molecule has 0 radical (unpaired) electrons. The Labute approximate surface area is 200 Å². The molecule has 0 spiro atoms. The summed E-state index contributed by atoms with van der Waals surface area (Å²) >= 11 is 1.24. The summed E-state index contributed by atoms with van der Waals surface area (Å²) < 4.78 is 21.1. The van der Waals surface area contributed by atoms with E-state index in [9.17, 15) is 14.4 Å². The van der Waals surface area contributed by atoms with Crippen molar-refractivity contribution >= 4 is 29.2 Å². The topological polar surface area (TPSA) is 100 Å². The normalized spacial score (nSPS) is 13.0. The zero-order valence-corrected chi connectivity index (χ0v) is 19.3. The van der Waals surface area contributed by atoms with Crippen molar-refractivity contribution in [3.05, 3.63) is 71.1 Å². The van der Waals surface area contributed by atoms with Gasteiger partial charge in [0.2, 0.25) is 0 Å². The number of hydrogen-bond donors (Lipinski definition) is 1. The Bertz CT molecular complexity index is 1180. The summed E-state index contributed by atoms with van der Waals surface area (Å²) in [6, 6.07) is 17.4. The van der Waals surface area contributed by atoms with Gasteiger partial charge in [0.05, 0.1) is 7.11 Å². The molecule has 1 amide bonds. The highest BCUT2D eigenvalue weighted by atomic mass is 32.1. The SMILES string of the molecule is COC(=O)C(Cc1ccccc1)NC(=O)COC(=O)c1ccc(-c2ccc3c(c2)OCCO3)s1. The van der Waals surface area contributed by atoms with Crippen LogP contribution in [0.3, 0.4) is 0 Å². The van der Waals surface area contributed by atoms with Crippen LogP contribution in [0.2, 0.25) is 0 Å². The quantitative estimate of drug-likeness (QED) is 0.493. The molecule has 1 atom stereocenters. The van der Waals surface area contributed by atoms with Crippen molar-refractivity contribution in [2.45, 2.75) is 12.5 Å². The van der Waals surface area contributed by atoms with E-state index in [0.717, 1.165) is 16.0 Å². The molecule has 0 saturated carbocycles. The van der Waals surface area contributed by atoms with E-state index in [1.165, 1.54) is 18.4 Å². The molecule has 0 saturated heterocycles.